The molecule has 0 aliphatic carbocycles. The number of hydrogen-bond donors (Lipinski definition) is 2. The highest BCUT2D eigenvalue weighted by molar-refractivity contribution is 5.98. The van der Waals surface area contributed by atoms with Crippen LogP contribution >= 0.6 is 0 Å². The van der Waals surface area contributed by atoms with Crippen molar-refractivity contribution in [2.75, 3.05) is 13.2 Å². The van der Waals surface area contributed by atoms with Gasteiger partial charge in [-0.2, -0.15) is 0 Å². The van der Waals surface area contributed by atoms with Gasteiger partial charge >= 0.3 is 5.97 Å². The predicted molar refractivity (Wildman–Crippen MR) is 134 cm³/mol. The maximum absolute atomic E-state index is 14.4. The summed E-state index contributed by atoms with van der Waals surface area (Å²) in [4.78, 5) is 44.1. The van der Waals surface area contributed by atoms with Crippen molar-refractivity contribution in [3.05, 3.63) is 48.6 Å². The monoisotopic (exact) mass is 498 g/mol. The fourth-order valence-corrected chi connectivity index (χ4v) is 6.89. The zero-order valence-electron chi connectivity index (χ0n) is 21.4. The van der Waals surface area contributed by atoms with Gasteiger partial charge in [0.15, 0.2) is 0 Å². The normalized spacial score (nSPS) is 31.5. The van der Waals surface area contributed by atoms with Gasteiger partial charge in [0.25, 0.3) is 0 Å². The van der Waals surface area contributed by atoms with Crippen LogP contribution in [0.25, 0.3) is 0 Å². The number of hydrogen-bond acceptors (Lipinski definition) is 5. The van der Waals surface area contributed by atoms with E-state index in [1.807, 2.05) is 51.1 Å². The quantitative estimate of drug-likeness (QED) is 0.455. The van der Waals surface area contributed by atoms with Gasteiger partial charge in [-0.25, -0.2) is 0 Å². The lowest BCUT2D eigenvalue weighted by Gasteiger charge is -2.40. The van der Waals surface area contributed by atoms with Gasteiger partial charge < -0.3 is 24.7 Å². The van der Waals surface area contributed by atoms with Crippen molar-refractivity contribution in [3.63, 3.8) is 0 Å². The molecule has 2 N–H and O–H groups in total. The molecule has 8 heteroatoms. The second-order valence-electron chi connectivity index (χ2n) is 10.9. The molecule has 6 atom stereocenters. The van der Waals surface area contributed by atoms with Crippen LogP contribution in [0.4, 0.5) is 0 Å². The van der Waals surface area contributed by atoms with Gasteiger partial charge in [0.1, 0.15) is 17.6 Å². The van der Waals surface area contributed by atoms with Crippen LogP contribution in [0.15, 0.2) is 43.0 Å². The molecule has 3 saturated heterocycles. The molecule has 4 rings (SSSR count). The molecule has 36 heavy (non-hydrogen) atoms. The molecule has 3 aliphatic heterocycles. The molecular formula is C28H38N2O6. The third-order valence-corrected chi connectivity index (χ3v) is 8.34. The first-order valence-electron chi connectivity index (χ1n) is 12.9. The van der Waals surface area contributed by atoms with E-state index < -0.39 is 47.0 Å². The Balaban J connectivity index is 1.81. The number of aliphatic carboxylic acids is 1. The van der Waals surface area contributed by atoms with Gasteiger partial charge in [-0.1, -0.05) is 57.2 Å². The highest BCUT2D eigenvalue weighted by Gasteiger charge is 2.79. The average Bonchev–Trinajstić information content (AvgIpc) is 3.46. The Hall–Kier alpha value is -2.71. The standard InChI is InChI=1S/C28H38N2O6/c1-5-14-29(16-19-10-8-7-9-11-19)25(33)23-28-13-12-27(6-2,36-28)22(26(34)35)21(28)24(32)30(23)20(17-31)15-18(3)4/h5,7-11,18,20-23,31H,1,6,12-17H2,2-4H3,(H,34,35)/t20-,21+,22+,23?,27-,28?/m1/s1. The molecule has 1 aromatic carbocycles. The van der Waals surface area contributed by atoms with E-state index in [0.717, 1.165) is 5.56 Å². The first-order chi connectivity index (χ1) is 17.2. The second kappa shape index (κ2) is 9.98. The summed E-state index contributed by atoms with van der Waals surface area (Å²) in [5, 5.41) is 20.6. The summed E-state index contributed by atoms with van der Waals surface area (Å²) in [6.45, 7) is 9.96. The molecule has 0 radical (unpaired) electrons. The molecule has 3 heterocycles. The molecule has 1 spiro atoms. The minimum absolute atomic E-state index is 0.159. The van der Waals surface area contributed by atoms with E-state index in [-0.39, 0.29) is 25.0 Å². The third-order valence-electron chi connectivity index (χ3n) is 8.34. The van der Waals surface area contributed by atoms with Crippen molar-refractivity contribution in [1.29, 1.82) is 0 Å². The molecular weight excluding hydrogens is 460 g/mol. The maximum atomic E-state index is 14.4. The molecule has 2 amide bonds. The number of carbonyl (C=O) groups is 3. The van der Waals surface area contributed by atoms with Gasteiger partial charge in [0.05, 0.1) is 24.2 Å². The van der Waals surface area contributed by atoms with Gasteiger partial charge in [-0.3, -0.25) is 14.4 Å². The number of nitrogens with zero attached hydrogens (tertiary/aromatic N) is 2. The van der Waals surface area contributed by atoms with E-state index in [0.29, 0.717) is 32.2 Å². The first kappa shape index (κ1) is 26.4. The molecule has 0 aromatic heterocycles. The largest absolute Gasteiger partial charge is 0.481 e. The predicted octanol–water partition coefficient (Wildman–Crippen LogP) is 2.85. The molecule has 196 valence electrons. The van der Waals surface area contributed by atoms with Crippen molar-refractivity contribution in [1.82, 2.24) is 9.80 Å². The van der Waals surface area contributed by atoms with E-state index in [9.17, 15) is 24.6 Å². The number of carboxylic acids is 1. The van der Waals surface area contributed by atoms with Crippen molar-refractivity contribution >= 4 is 17.8 Å². The van der Waals surface area contributed by atoms with E-state index >= 15 is 0 Å². The Morgan fingerprint density at radius 2 is 1.97 bits per heavy atom. The number of aliphatic hydroxyl groups excluding tert-OH is 1. The molecule has 2 bridgehead atoms. The number of benzene rings is 1. The number of fused-ring (bicyclic) bond motifs is 1. The number of carboxylic acid groups (broad SMARTS) is 1. The summed E-state index contributed by atoms with van der Waals surface area (Å²) in [6.07, 6.45) is 3.50. The van der Waals surface area contributed by atoms with Gasteiger partial charge in [-0.15, -0.1) is 6.58 Å². The highest BCUT2D eigenvalue weighted by atomic mass is 16.5. The summed E-state index contributed by atoms with van der Waals surface area (Å²) in [5.41, 5.74) is -1.26. The van der Waals surface area contributed by atoms with Gasteiger partial charge in [0.2, 0.25) is 11.8 Å². The summed E-state index contributed by atoms with van der Waals surface area (Å²) in [6, 6.07) is 7.96. The lowest BCUT2D eigenvalue weighted by molar-refractivity contribution is -0.160. The van der Waals surface area contributed by atoms with Crippen LogP contribution in [0.3, 0.4) is 0 Å². The third kappa shape index (κ3) is 4.04. The summed E-state index contributed by atoms with van der Waals surface area (Å²) in [5.74, 6) is -3.58. The fraction of sp³-hybridized carbons (Fsp3) is 0.607. The van der Waals surface area contributed by atoms with Crippen LogP contribution in [0.1, 0.15) is 52.0 Å². The van der Waals surface area contributed by atoms with Crippen molar-refractivity contribution in [2.24, 2.45) is 17.8 Å². The number of rotatable bonds is 11. The minimum atomic E-state index is -1.23. The lowest BCUT2D eigenvalue weighted by Crippen LogP contribution is -2.59. The second-order valence-corrected chi connectivity index (χ2v) is 10.9. The Kier molecular flexibility index (Phi) is 7.30. The smallest absolute Gasteiger partial charge is 0.310 e. The molecule has 8 nitrogen and oxygen atoms in total. The number of carbonyl (C=O) groups excluding carboxylic acids is 2. The van der Waals surface area contributed by atoms with Crippen LogP contribution < -0.4 is 0 Å². The zero-order valence-corrected chi connectivity index (χ0v) is 21.4. The summed E-state index contributed by atoms with van der Waals surface area (Å²) in [7, 11) is 0. The number of aliphatic hydroxyl groups is 1. The van der Waals surface area contributed by atoms with Crippen LogP contribution in [0.2, 0.25) is 0 Å². The molecule has 3 fully saturated rings. The first-order valence-corrected chi connectivity index (χ1v) is 12.9. The molecule has 2 unspecified atom stereocenters. The van der Waals surface area contributed by atoms with Crippen LogP contribution in [-0.4, -0.2) is 74.2 Å². The van der Waals surface area contributed by atoms with Gasteiger partial charge in [0, 0.05) is 13.1 Å². The topological polar surface area (TPSA) is 107 Å². The Morgan fingerprint density at radius 3 is 2.53 bits per heavy atom. The van der Waals surface area contributed by atoms with Crippen LogP contribution in [0, 0.1) is 17.8 Å². The van der Waals surface area contributed by atoms with Crippen molar-refractivity contribution in [3.8, 4) is 0 Å². The molecule has 3 aliphatic rings. The average molecular weight is 499 g/mol. The Labute approximate surface area is 212 Å². The van der Waals surface area contributed by atoms with E-state index in [4.69, 9.17) is 4.74 Å². The minimum Gasteiger partial charge on any atom is -0.481 e. The van der Waals surface area contributed by atoms with E-state index in [1.165, 1.54) is 4.90 Å². The van der Waals surface area contributed by atoms with Crippen molar-refractivity contribution < 1.29 is 29.3 Å². The van der Waals surface area contributed by atoms with E-state index in [2.05, 4.69) is 6.58 Å². The summed E-state index contributed by atoms with van der Waals surface area (Å²) >= 11 is 0. The Morgan fingerprint density at radius 1 is 1.28 bits per heavy atom. The highest BCUT2D eigenvalue weighted by Crippen LogP contribution is 2.64. The lowest BCUT2D eigenvalue weighted by atomic mass is 9.65. The zero-order chi connectivity index (χ0) is 26.3. The SMILES string of the molecule is C=CCN(Cc1ccccc1)C(=O)C1N([C@@H](CO)CC(C)C)C(=O)[C@@H]2[C@@H](C(=O)O)[C@@]3(CC)CCC12O3. The van der Waals surface area contributed by atoms with Crippen LogP contribution in [0.5, 0.6) is 0 Å². The number of ether oxygens (including phenoxy) is 1. The molecule has 0 saturated carbocycles. The Bertz CT molecular complexity index is 1010. The maximum Gasteiger partial charge on any atom is 0.310 e. The van der Waals surface area contributed by atoms with Gasteiger partial charge in [-0.05, 0) is 37.2 Å². The van der Waals surface area contributed by atoms with E-state index in [1.54, 1.807) is 11.0 Å². The molecule has 1 aromatic rings. The summed E-state index contributed by atoms with van der Waals surface area (Å²) < 4.78 is 6.61. The fourth-order valence-electron chi connectivity index (χ4n) is 6.89. The van der Waals surface area contributed by atoms with Crippen LogP contribution in [-0.2, 0) is 25.7 Å². The number of likely N-dealkylation sites (tertiary alicyclic amines) is 1. The van der Waals surface area contributed by atoms with Crippen molar-refractivity contribution in [2.45, 2.75) is 76.3 Å². The number of amides is 2.